The lowest BCUT2D eigenvalue weighted by molar-refractivity contribution is 0.0195. The Labute approximate surface area is 114 Å². The van der Waals surface area contributed by atoms with Crippen LogP contribution in [0.15, 0.2) is 4.99 Å². The van der Waals surface area contributed by atoms with Gasteiger partial charge >= 0.3 is 0 Å². The van der Waals surface area contributed by atoms with Gasteiger partial charge in [-0.3, -0.25) is 9.89 Å². The Balaban J connectivity index is 0.00000128. The van der Waals surface area contributed by atoms with Gasteiger partial charge in [-0.05, 0) is 6.42 Å². The zero-order valence-electron chi connectivity index (χ0n) is 9.76. The molecular weight excluding hydrogens is 319 g/mol. The third-order valence-corrected chi connectivity index (χ3v) is 3.28. The van der Waals surface area contributed by atoms with Crippen LogP contribution in [0, 0.1) is 0 Å². The monoisotopic (exact) mass is 340 g/mol. The zero-order valence-corrected chi connectivity index (χ0v) is 12.1. The first-order valence-electron chi connectivity index (χ1n) is 5.60. The summed E-state index contributed by atoms with van der Waals surface area (Å²) in [7, 11) is 1.75. The molecule has 1 atom stereocenters. The van der Waals surface area contributed by atoms with E-state index in [1.54, 1.807) is 7.05 Å². The van der Waals surface area contributed by atoms with Gasteiger partial charge in [0.1, 0.15) is 0 Å². The van der Waals surface area contributed by atoms with Gasteiger partial charge in [0.05, 0.1) is 13.2 Å². The molecule has 2 N–H and O–H groups in total. The minimum Gasteiger partial charge on any atom is -0.379 e. The highest BCUT2D eigenvalue weighted by molar-refractivity contribution is 14.0. The molecule has 2 heterocycles. The number of rotatable bonds is 1. The van der Waals surface area contributed by atoms with Crippen molar-refractivity contribution in [3.8, 4) is 0 Å². The fraction of sp³-hybridized carbons (Fsp3) is 0.900. The summed E-state index contributed by atoms with van der Waals surface area (Å²) in [5.41, 5.74) is 5.80. The molecule has 2 rings (SSSR count). The molecule has 16 heavy (non-hydrogen) atoms. The number of hydrogen-bond acceptors (Lipinski definition) is 3. The average molecular weight is 340 g/mol. The Morgan fingerprint density at radius 3 is 2.62 bits per heavy atom. The molecule has 94 valence electrons. The minimum absolute atomic E-state index is 0. The Hall–Kier alpha value is -0.0800. The molecule has 5 nitrogen and oxygen atoms in total. The minimum atomic E-state index is 0. The van der Waals surface area contributed by atoms with Crippen molar-refractivity contribution in [1.82, 2.24) is 9.80 Å². The second-order valence-corrected chi connectivity index (χ2v) is 4.12. The van der Waals surface area contributed by atoms with Crippen LogP contribution in [0.1, 0.15) is 6.42 Å². The summed E-state index contributed by atoms with van der Waals surface area (Å²) in [5, 5.41) is 0. The second kappa shape index (κ2) is 6.61. The Kier molecular flexibility index (Phi) is 5.77. The second-order valence-electron chi connectivity index (χ2n) is 4.12. The molecule has 2 aliphatic heterocycles. The number of ether oxygens (including phenoxy) is 1. The fourth-order valence-corrected chi connectivity index (χ4v) is 2.33. The highest BCUT2D eigenvalue weighted by Gasteiger charge is 2.29. The fourth-order valence-electron chi connectivity index (χ4n) is 2.33. The summed E-state index contributed by atoms with van der Waals surface area (Å²) in [6.07, 6.45) is 1.19. The van der Waals surface area contributed by atoms with Crippen molar-refractivity contribution in [3.63, 3.8) is 0 Å². The molecule has 6 heteroatoms. The SMILES string of the molecule is CN=C(N)N1CCC(N2CCOCC2)C1.I. The van der Waals surface area contributed by atoms with Crippen LogP contribution in [0.2, 0.25) is 0 Å². The molecule has 2 aliphatic rings. The highest BCUT2D eigenvalue weighted by atomic mass is 127. The summed E-state index contributed by atoms with van der Waals surface area (Å²) in [6, 6.07) is 0.634. The first-order valence-corrected chi connectivity index (χ1v) is 5.60. The number of halogens is 1. The molecule has 0 amide bonds. The van der Waals surface area contributed by atoms with E-state index in [-0.39, 0.29) is 24.0 Å². The number of likely N-dealkylation sites (tertiary alicyclic amines) is 1. The molecule has 0 aromatic carbocycles. The van der Waals surface area contributed by atoms with Crippen LogP contribution in [0.25, 0.3) is 0 Å². The van der Waals surface area contributed by atoms with Crippen LogP contribution in [0.3, 0.4) is 0 Å². The van der Waals surface area contributed by atoms with Crippen molar-refractivity contribution < 1.29 is 4.74 Å². The number of aliphatic imine (C=N–C) groups is 1. The highest BCUT2D eigenvalue weighted by Crippen LogP contribution is 2.16. The smallest absolute Gasteiger partial charge is 0.191 e. The Morgan fingerprint density at radius 1 is 1.31 bits per heavy atom. The molecule has 0 aliphatic carbocycles. The maximum absolute atomic E-state index is 5.80. The number of guanidine groups is 1. The number of morpholine rings is 1. The first-order chi connectivity index (χ1) is 7.31. The van der Waals surface area contributed by atoms with Crippen LogP contribution in [0.5, 0.6) is 0 Å². The van der Waals surface area contributed by atoms with Crippen LogP contribution in [0.4, 0.5) is 0 Å². The normalized spacial score (nSPS) is 27.9. The summed E-state index contributed by atoms with van der Waals surface area (Å²) >= 11 is 0. The summed E-state index contributed by atoms with van der Waals surface area (Å²) < 4.78 is 5.35. The first kappa shape index (κ1) is 14.0. The van der Waals surface area contributed by atoms with E-state index in [2.05, 4.69) is 14.8 Å². The van der Waals surface area contributed by atoms with E-state index in [0.29, 0.717) is 12.0 Å². The van der Waals surface area contributed by atoms with Crippen LogP contribution >= 0.6 is 24.0 Å². The van der Waals surface area contributed by atoms with Crippen molar-refractivity contribution in [3.05, 3.63) is 0 Å². The summed E-state index contributed by atoms with van der Waals surface area (Å²) in [6.45, 7) is 5.90. The van der Waals surface area contributed by atoms with Crippen LogP contribution in [-0.4, -0.2) is 68.2 Å². The third-order valence-electron chi connectivity index (χ3n) is 3.28. The van der Waals surface area contributed by atoms with E-state index in [1.807, 2.05) is 0 Å². The third kappa shape index (κ3) is 3.21. The molecule has 0 spiro atoms. The Bertz CT molecular complexity index is 243. The van der Waals surface area contributed by atoms with Gasteiger partial charge in [0.2, 0.25) is 0 Å². The molecular formula is C10H21IN4O. The van der Waals surface area contributed by atoms with Gasteiger partial charge in [-0.25, -0.2) is 0 Å². The molecule has 0 aromatic rings. The molecule has 0 saturated carbocycles. The Morgan fingerprint density at radius 2 is 2.00 bits per heavy atom. The van der Waals surface area contributed by atoms with Gasteiger partial charge in [-0.2, -0.15) is 0 Å². The van der Waals surface area contributed by atoms with E-state index < -0.39 is 0 Å². The van der Waals surface area contributed by atoms with Gasteiger partial charge in [0, 0.05) is 39.3 Å². The van der Waals surface area contributed by atoms with Gasteiger partial charge in [0.15, 0.2) is 5.96 Å². The maximum atomic E-state index is 5.80. The maximum Gasteiger partial charge on any atom is 0.191 e. The van der Waals surface area contributed by atoms with Crippen molar-refractivity contribution in [2.45, 2.75) is 12.5 Å². The van der Waals surface area contributed by atoms with E-state index >= 15 is 0 Å². The van der Waals surface area contributed by atoms with Crippen molar-refractivity contribution in [1.29, 1.82) is 0 Å². The van der Waals surface area contributed by atoms with Crippen molar-refractivity contribution in [2.24, 2.45) is 10.7 Å². The molecule has 0 aromatic heterocycles. The quantitative estimate of drug-likeness (QED) is 0.413. The number of nitrogens with two attached hydrogens (primary N) is 1. The predicted molar refractivity (Wildman–Crippen MR) is 75.3 cm³/mol. The largest absolute Gasteiger partial charge is 0.379 e. The summed E-state index contributed by atoms with van der Waals surface area (Å²) in [5.74, 6) is 0.672. The lowest BCUT2D eigenvalue weighted by atomic mass is 10.2. The number of hydrogen-bond donors (Lipinski definition) is 1. The molecule has 2 saturated heterocycles. The molecule has 2 fully saturated rings. The zero-order chi connectivity index (χ0) is 10.7. The molecule has 0 bridgehead atoms. The van der Waals surface area contributed by atoms with Crippen LogP contribution in [-0.2, 0) is 4.74 Å². The van der Waals surface area contributed by atoms with Gasteiger partial charge in [0.25, 0.3) is 0 Å². The predicted octanol–water partition coefficient (Wildman–Crippen LogP) is -0.0446. The van der Waals surface area contributed by atoms with Gasteiger partial charge < -0.3 is 15.4 Å². The van der Waals surface area contributed by atoms with Gasteiger partial charge in [-0.1, -0.05) is 0 Å². The van der Waals surface area contributed by atoms with Crippen LogP contribution < -0.4 is 5.73 Å². The lowest BCUT2D eigenvalue weighted by Crippen LogP contribution is -2.45. The molecule has 1 unspecified atom stereocenters. The molecule has 0 radical (unpaired) electrons. The average Bonchev–Trinajstić information content (AvgIpc) is 2.78. The van der Waals surface area contributed by atoms with E-state index in [4.69, 9.17) is 10.5 Å². The topological polar surface area (TPSA) is 54.1 Å². The van der Waals surface area contributed by atoms with Gasteiger partial charge in [-0.15, -0.1) is 24.0 Å². The standard InChI is InChI=1S/C10H20N4O.HI/c1-12-10(11)14-3-2-9(8-14)13-4-6-15-7-5-13;/h9H,2-8H2,1H3,(H2,11,12);1H. The van der Waals surface area contributed by atoms with E-state index in [9.17, 15) is 0 Å². The van der Waals surface area contributed by atoms with E-state index in [0.717, 1.165) is 39.4 Å². The summed E-state index contributed by atoms with van der Waals surface area (Å²) in [4.78, 5) is 8.70. The lowest BCUT2D eigenvalue weighted by Gasteiger charge is -2.32. The van der Waals surface area contributed by atoms with Crippen molar-refractivity contribution in [2.75, 3.05) is 46.4 Å². The van der Waals surface area contributed by atoms with E-state index in [1.165, 1.54) is 6.42 Å². The number of nitrogens with zero attached hydrogens (tertiary/aromatic N) is 3. The van der Waals surface area contributed by atoms with Crippen molar-refractivity contribution >= 4 is 29.9 Å².